The topological polar surface area (TPSA) is 109 Å². The van der Waals surface area contributed by atoms with E-state index in [-0.39, 0.29) is 39.3 Å². The van der Waals surface area contributed by atoms with Gasteiger partial charge in [0.25, 0.3) is 0 Å². The number of allylic oxidation sites excluding steroid dienone is 1. The number of rotatable bonds is 2. The van der Waals surface area contributed by atoms with Gasteiger partial charge in [0.15, 0.2) is 5.43 Å². The molecule has 0 saturated heterocycles. The Kier molecular flexibility index (Phi) is 4.42. The van der Waals surface area contributed by atoms with Crippen LogP contribution in [0.15, 0.2) is 87.4 Å². The van der Waals surface area contributed by atoms with Gasteiger partial charge in [-0.2, -0.15) is 5.26 Å². The largest absolute Gasteiger partial charge is 0.507 e. The van der Waals surface area contributed by atoms with Gasteiger partial charge in [0.05, 0.1) is 11.5 Å². The molecule has 0 amide bonds. The minimum Gasteiger partial charge on any atom is -0.507 e. The van der Waals surface area contributed by atoms with E-state index in [4.69, 9.17) is 14.9 Å². The molecular weight excluding hydrogens is 411 g/mol. The van der Waals surface area contributed by atoms with Gasteiger partial charge >= 0.3 is 0 Å². The first kappa shape index (κ1) is 19.4. The number of phenols is 1. The van der Waals surface area contributed by atoms with Crippen LogP contribution >= 0.6 is 0 Å². The molecule has 0 radical (unpaired) electrons. The highest BCUT2D eigenvalue weighted by Crippen LogP contribution is 2.49. The van der Waals surface area contributed by atoms with Crippen LogP contribution in [0.5, 0.6) is 11.5 Å². The number of nitrogens with two attached hydrogens (primary N) is 1. The zero-order valence-corrected chi connectivity index (χ0v) is 16.5. The minimum absolute atomic E-state index is 0.0671. The number of aromatic hydroxyl groups is 1. The van der Waals surface area contributed by atoms with Gasteiger partial charge in [-0.1, -0.05) is 48.5 Å². The molecule has 5 rings (SSSR count). The molecule has 0 aliphatic carbocycles. The Morgan fingerprint density at radius 3 is 2.50 bits per heavy atom. The van der Waals surface area contributed by atoms with Gasteiger partial charge in [0.1, 0.15) is 45.7 Å². The summed E-state index contributed by atoms with van der Waals surface area (Å²) < 4.78 is 26.2. The van der Waals surface area contributed by atoms with E-state index in [1.54, 1.807) is 30.3 Å². The van der Waals surface area contributed by atoms with E-state index in [9.17, 15) is 19.6 Å². The Morgan fingerprint density at radius 1 is 1.06 bits per heavy atom. The zero-order chi connectivity index (χ0) is 22.4. The second kappa shape index (κ2) is 7.29. The van der Waals surface area contributed by atoms with Crippen molar-refractivity contribution in [1.82, 2.24) is 0 Å². The van der Waals surface area contributed by atoms with Crippen molar-refractivity contribution in [2.75, 3.05) is 0 Å². The standard InChI is InChI=1S/C25H15FN2O4/c26-16-9-5-4-8-14(16)21-15(12-27)25(28)32-20-11-19-22(24(30)23(20)21)17(29)10-18(31-19)13-6-2-1-3-7-13/h1-11,21,30H,28H2. The van der Waals surface area contributed by atoms with Crippen LogP contribution in [0.25, 0.3) is 22.3 Å². The van der Waals surface area contributed by atoms with Crippen LogP contribution < -0.4 is 15.9 Å². The average molecular weight is 426 g/mol. The maximum Gasteiger partial charge on any atom is 0.205 e. The van der Waals surface area contributed by atoms with Crippen LogP contribution in [0.3, 0.4) is 0 Å². The van der Waals surface area contributed by atoms with E-state index in [2.05, 4.69) is 0 Å². The van der Waals surface area contributed by atoms with E-state index in [1.165, 1.54) is 30.3 Å². The fourth-order valence-corrected chi connectivity index (χ4v) is 4.00. The minimum atomic E-state index is -1.05. The highest BCUT2D eigenvalue weighted by Gasteiger charge is 2.36. The van der Waals surface area contributed by atoms with Crippen molar-refractivity contribution in [1.29, 1.82) is 5.26 Å². The Labute approximate surface area is 181 Å². The number of halogens is 1. The Balaban J connectivity index is 1.82. The fraction of sp³-hybridized carbons (Fsp3) is 0.0400. The molecule has 156 valence electrons. The SMILES string of the molecule is N#CC1=C(N)Oc2cc3oc(-c4ccccc4)cc(=O)c3c(O)c2C1c1ccccc1F. The third kappa shape index (κ3) is 2.89. The number of hydrogen-bond donors (Lipinski definition) is 2. The smallest absolute Gasteiger partial charge is 0.205 e. The van der Waals surface area contributed by atoms with Gasteiger partial charge in [-0.3, -0.25) is 4.79 Å². The number of nitriles is 1. The van der Waals surface area contributed by atoms with Crippen molar-refractivity contribution in [3.8, 4) is 28.9 Å². The van der Waals surface area contributed by atoms with E-state index in [1.807, 2.05) is 12.1 Å². The van der Waals surface area contributed by atoms with Gasteiger partial charge in [0.2, 0.25) is 5.88 Å². The Morgan fingerprint density at radius 2 is 1.78 bits per heavy atom. The number of ether oxygens (including phenoxy) is 1. The summed E-state index contributed by atoms with van der Waals surface area (Å²) in [5, 5.41) is 20.7. The fourth-order valence-electron chi connectivity index (χ4n) is 4.00. The van der Waals surface area contributed by atoms with Crippen molar-refractivity contribution < 1.29 is 18.7 Å². The van der Waals surface area contributed by atoms with Gasteiger partial charge in [-0.05, 0) is 6.07 Å². The molecular formula is C25H15FN2O4. The van der Waals surface area contributed by atoms with E-state index >= 15 is 0 Å². The van der Waals surface area contributed by atoms with Crippen LogP contribution in [-0.2, 0) is 0 Å². The van der Waals surface area contributed by atoms with Crippen molar-refractivity contribution in [3.05, 3.63) is 105 Å². The number of hydrogen-bond acceptors (Lipinski definition) is 6. The molecule has 4 aromatic rings. The van der Waals surface area contributed by atoms with Crippen LogP contribution in [0.1, 0.15) is 17.0 Å². The van der Waals surface area contributed by atoms with Crippen molar-refractivity contribution in [3.63, 3.8) is 0 Å². The lowest BCUT2D eigenvalue weighted by Gasteiger charge is -2.27. The molecule has 2 heterocycles. The molecule has 0 bridgehead atoms. The molecule has 1 atom stereocenters. The average Bonchev–Trinajstić information content (AvgIpc) is 2.79. The van der Waals surface area contributed by atoms with E-state index in [0.29, 0.717) is 11.3 Å². The maximum atomic E-state index is 14.7. The first-order valence-electron chi connectivity index (χ1n) is 9.70. The lowest BCUT2D eigenvalue weighted by atomic mass is 9.82. The number of phenolic OH excluding ortho intramolecular Hbond substituents is 1. The van der Waals surface area contributed by atoms with Crippen LogP contribution in [0.2, 0.25) is 0 Å². The molecule has 7 heteroatoms. The summed E-state index contributed by atoms with van der Waals surface area (Å²) in [6.45, 7) is 0. The summed E-state index contributed by atoms with van der Waals surface area (Å²) in [5.74, 6) is -1.91. The molecule has 1 aliphatic rings. The first-order valence-corrected chi connectivity index (χ1v) is 9.70. The third-order valence-electron chi connectivity index (χ3n) is 5.45. The number of fused-ring (bicyclic) bond motifs is 2. The normalized spacial score (nSPS) is 15.2. The van der Waals surface area contributed by atoms with Crippen LogP contribution in [0.4, 0.5) is 4.39 Å². The molecule has 1 aromatic heterocycles. The molecule has 6 nitrogen and oxygen atoms in total. The highest BCUT2D eigenvalue weighted by molar-refractivity contribution is 5.89. The molecule has 0 spiro atoms. The zero-order valence-electron chi connectivity index (χ0n) is 16.5. The summed E-state index contributed by atoms with van der Waals surface area (Å²) in [5.41, 5.74) is 6.37. The van der Waals surface area contributed by atoms with Crippen LogP contribution in [-0.4, -0.2) is 5.11 Å². The monoisotopic (exact) mass is 426 g/mol. The molecule has 3 aromatic carbocycles. The quantitative estimate of drug-likeness (QED) is 0.488. The lowest BCUT2D eigenvalue weighted by molar-refractivity contribution is 0.382. The molecule has 1 aliphatic heterocycles. The summed E-state index contributed by atoms with van der Waals surface area (Å²) in [6.07, 6.45) is 0. The van der Waals surface area contributed by atoms with Gasteiger partial charge in [0, 0.05) is 23.3 Å². The summed E-state index contributed by atoms with van der Waals surface area (Å²) in [7, 11) is 0. The van der Waals surface area contributed by atoms with E-state index < -0.39 is 22.9 Å². The first-order chi connectivity index (χ1) is 15.5. The second-order valence-corrected chi connectivity index (χ2v) is 7.30. The predicted molar refractivity (Wildman–Crippen MR) is 115 cm³/mol. The highest BCUT2D eigenvalue weighted by atomic mass is 19.1. The van der Waals surface area contributed by atoms with Crippen LogP contribution in [0, 0.1) is 17.1 Å². The predicted octanol–water partition coefficient (Wildman–Crippen LogP) is 4.52. The lowest BCUT2D eigenvalue weighted by Crippen LogP contribution is -2.22. The van der Waals surface area contributed by atoms with Gasteiger partial charge < -0.3 is 20.0 Å². The van der Waals surface area contributed by atoms with Gasteiger partial charge in [-0.15, -0.1) is 0 Å². The third-order valence-corrected chi connectivity index (χ3v) is 5.45. The van der Waals surface area contributed by atoms with Gasteiger partial charge in [-0.25, -0.2) is 4.39 Å². The molecule has 0 fully saturated rings. The molecule has 1 unspecified atom stereocenters. The van der Waals surface area contributed by atoms with Crippen molar-refractivity contribution in [2.45, 2.75) is 5.92 Å². The second-order valence-electron chi connectivity index (χ2n) is 7.30. The summed E-state index contributed by atoms with van der Waals surface area (Å²) in [4.78, 5) is 13.0. The van der Waals surface area contributed by atoms with Crippen molar-refractivity contribution in [2.24, 2.45) is 5.73 Å². The van der Waals surface area contributed by atoms with E-state index in [0.717, 1.165) is 0 Å². The Bertz CT molecular complexity index is 1520. The summed E-state index contributed by atoms with van der Waals surface area (Å²) in [6, 6.07) is 19.5. The molecule has 3 N–H and O–H groups in total. The number of benzene rings is 3. The summed E-state index contributed by atoms with van der Waals surface area (Å²) >= 11 is 0. The number of nitrogens with zero attached hydrogens (tertiary/aromatic N) is 1. The maximum absolute atomic E-state index is 14.7. The molecule has 32 heavy (non-hydrogen) atoms. The molecule has 0 saturated carbocycles. The Hall–Kier alpha value is -4.57. The van der Waals surface area contributed by atoms with Crippen molar-refractivity contribution >= 4 is 11.0 Å².